The summed E-state index contributed by atoms with van der Waals surface area (Å²) in [5, 5.41) is 5.24. The van der Waals surface area contributed by atoms with Crippen molar-refractivity contribution < 1.29 is 13.6 Å². The molecule has 0 spiro atoms. The summed E-state index contributed by atoms with van der Waals surface area (Å²) in [7, 11) is 0. The van der Waals surface area contributed by atoms with Gasteiger partial charge in [0.2, 0.25) is 0 Å². The van der Waals surface area contributed by atoms with Crippen LogP contribution in [-0.2, 0) is 0 Å². The molecule has 1 atom stereocenters. The monoisotopic (exact) mass is 297 g/mol. The molecule has 0 aliphatic carbocycles. The molecular formula is C13H13F2N3OS. The van der Waals surface area contributed by atoms with Crippen molar-refractivity contribution in [3.05, 3.63) is 45.9 Å². The summed E-state index contributed by atoms with van der Waals surface area (Å²) in [5.41, 5.74) is 4.47. The van der Waals surface area contributed by atoms with E-state index >= 15 is 0 Å². The number of thiazole rings is 1. The lowest BCUT2D eigenvalue weighted by Crippen LogP contribution is -2.28. The first kappa shape index (κ1) is 14.4. The Morgan fingerprint density at radius 1 is 1.45 bits per heavy atom. The Hall–Kier alpha value is -2.02. The second-order valence-electron chi connectivity index (χ2n) is 4.16. The SMILES string of the molecule is CCC(NC(=O)c1cc(F)c(N)c(F)c1)c1nccs1. The maximum Gasteiger partial charge on any atom is 0.252 e. The van der Waals surface area contributed by atoms with Crippen LogP contribution in [0, 0.1) is 11.6 Å². The number of benzene rings is 1. The first-order chi connectivity index (χ1) is 9.52. The van der Waals surface area contributed by atoms with Gasteiger partial charge in [-0.25, -0.2) is 13.8 Å². The van der Waals surface area contributed by atoms with E-state index in [9.17, 15) is 13.6 Å². The standard InChI is InChI=1S/C13H13F2N3OS/c1-2-10(13-17-3-4-20-13)18-12(19)7-5-8(14)11(16)9(15)6-7/h3-6,10H,2,16H2,1H3,(H,18,19). The van der Waals surface area contributed by atoms with Gasteiger partial charge in [-0.1, -0.05) is 6.92 Å². The smallest absolute Gasteiger partial charge is 0.252 e. The third-order valence-electron chi connectivity index (χ3n) is 2.80. The molecule has 1 aromatic carbocycles. The molecule has 1 amide bonds. The van der Waals surface area contributed by atoms with E-state index in [1.807, 2.05) is 6.92 Å². The van der Waals surface area contributed by atoms with Gasteiger partial charge in [-0.05, 0) is 18.6 Å². The van der Waals surface area contributed by atoms with Gasteiger partial charge in [0.15, 0.2) is 0 Å². The molecule has 0 bridgehead atoms. The first-order valence-electron chi connectivity index (χ1n) is 5.97. The molecule has 4 nitrogen and oxygen atoms in total. The minimum Gasteiger partial charge on any atom is -0.394 e. The van der Waals surface area contributed by atoms with Crippen molar-refractivity contribution in [2.24, 2.45) is 0 Å². The molecule has 2 aromatic rings. The van der Waals surface area contributed by atoms with Crippen LogP contribution >= 0.6 is 11.3 Å². The number of carbonyl (C=O) groups is 1. The second kappa shape index (κ2) is 5.96. The largest absolute Gasteiger partial charge is 0.394 e. The molecule has 1 aromatic heterocycles. The van der Waals surface area contributed by atoms with Crippen LogP contribution in [-0.4, -0.2) is 10.9 Å². The fourth-order valence-corrected chi connectivity index (χ4v) is 2.47. The number of rotatable bonds is 4. The van der Waals surface area contributed by atoms with Crippen molar-refractivity contribution >= 4 is 22.9 Å². The van der Waals surface area contributed by atoms with Crippen LogP contribution in [0.25, 0.3) is 0 Å². The molecule has 1 unspecified atom stereocenters. The predicted molar refractivity (Wildman–Crippen MR) is 73.4 cm³/mol. The van der Waals surface area contributed by atoms with E-state index in [0.29, 0.717) is 6.42 Å². The topological polar surface area (TPSA) is 68.0 Å². The fourth-order valence-electron chi connectivity index (χ4n) is 1.70. The summed E-state index contributed by atoms with van der Waals surface area (Å²) in [6.45, 7) is 1.89. The molecule has 1 heterocycles. The molecule has 0 saturated carbocycles. The maximum absolute atomic E-state index is 13.3. The van der Waals surface area contributed by atoms with E-state index in [1.54, 1.807) is 11.6 Å². The maximum atomic E-state index is 13.3. The lowest BCUT2D eigenvalue weighted by molar-refractivity contribution is 0.0934. The van der Waals surface area contributed by atoms with Crippen LogP contribution in [0.3, 0.4) is 0 Å². The summed E-state index contributed by atoms with van der Waals surface area (Å²) >= 11 is 1.41. The molecule has 3 N–H and O–H groups in total. The van der Waals surface area contributed by atoms with Crippen LogP contribution in [0.5, 0.6) is 0 Å². The summed E-state index contributed by atoms with van der Waals surface area (Å²) < 4.78 is 26.7. The zero-order valence-corrected chi connectivity index (χ0v) is 11.5. The number of hydrogen-bond acceptors (Lipinski definition) is 4. The van der Waals surface area contributed by atoms with Gasteiger partial charge >= 0.3 is 0 Å². The third-order valence-corrected chi connectivity index (χ3v) is 3.69. The molecule has 0 radical (unpaired) electrons. The highest BCUT2D eigenvalue weighted by Crippen LogP contribution is 2.21. The fraction of sp³-hybridized carbons (Fsp3) is 0.231. The lowest BCUT2D eigenvalue weighted by atomic mass is 10.1. The zero-order chi connectivity index (χ0) is 14.7. The van der Waals surface area contributed by atoms with Gasteiger partial charge in [0.05, 0.1) is 6.04 Å². The van der Waals surface area contributed by atoms with E-state index in [1.165, 1.54) is 11.3 Å². The number of halogens is 2. The van der Waals surface area contributed by atoms with Crippen LogP contribution in [0.4, 0.5) is 14.5 Å². The van der Waals surface area contributed by atoms with Crippen molar-refractivity contribution in [2.75, 3.05) is 5.73 Å². The number of anilines is 1. The molecule has 0 aliphatic rings. The van der Waals surface area contributed by atoms with E-state index in [4.69, 9.17) is 5.73 Å². The molecular weight excluding hydrogens is 284 g/mol. The van der Waals surface area contributed by atoms with Gasteiger partial charge in [0.25, 0.3) is 5.91 Å². The van der Waals surface area contributed by atoms with Gasteiger partial charge < -0.3 is 11.1 Å². The van der Waals surface area contributed by atoms with E-state index in [0.717, 1.165) is 17.1 Å². The minimum absolute atomic E-state index is 0.107. The number of hydrogen-bond donors (Lipinski definition) is 2. The van der Waals surface area contributed by atoms with Crippen molar-refractivity contribution in [1.82, 2.24) is 10.3 Å². The summed E-state index contributed by atoms with van der Waals surface area (Å²) in [6.07, 6.45) is 2.26. The minimum atomic E-state index is -0.947. The Morgan fingerprint density at radius 3 is 2.60 bits per heavy atom. The Kier molecular flexibility index (Phi) is 4.29. The van der Waals surface area contributed by atoms with Crippen molar-refractivity contribution in [2.45, 2.75) is 19.4 Å². The highest BCUT2D eigenvalue weighted by atomic mass is 32.1. The van der Waals surface area contributed by atoms with Crippen LogP contribution < -0.4 is 11.1 Å². The van der Waals surface area contributed by atoms with Crippen molar-refractivity contribution in [1.29, 1.82) is 0 Å². The summed E-state index contributed by atoms with van der Waals surface area (Å²) in [6, 6.07) is 1.55. The number of nitrogens with two attached hydrogens (primary N) is 1. The van der Waals surface area contributed by atoms with Crippen molar-refractivity contribution in [3.63, 3.8) is 0 Å². The van der Waals surface area contributed by atoms with Crippen LogP contribution in [0.2, 0.25) is 0 Å². The third kappa shape index (κ3) is 2.93. The van der Waals surface area contributed by atoms with Gasteiger partial charge in [0.1, 0.15) is 22.3 Å². The number of nitrogens with one attached hydrogen (secondary N) is 1. The Morgan fingerprint density at radius 2 is 2.10 bits per heavy atom. The lowest BCUT2D eigenvalue weighted by Gasteiger charge is -2.14. The van der Waals surface area contributed by atoms with Gasteiger partial charge in [-0.2, -0.15) is 0 Å². The average molecular weight is 297 g/mol. The molecule has 0 fully saturated rings. The second-order valence-corrected chi connectivity index (χ2v) is 5.08. The number of aromatic nitrogens is 1. The van der Waals surface area contributed by atoms with E-state index in [-0.39, 0.29) is 11.6 Å². The number of carbonyl (C=O) groups excluding carboxylic acids is 1. The number of amides is 1. The molecule has 106 valence electrons. The van der Waals surface area contributed by atoms with E-state index in [2.05, 4.69) is 10.3 Å². The van der Waals surface area contributed by atoms with Crippen molar-refractivity contribution in [3.8, 4) is 0 Å². The molecule has 7 heteroatoms. The summed E-state index contributed by atoms with van der Waals surface area (Å²) in [4.78, 5) is 16.1. The molecule has 0 aliphatic heterocycles. The molecule has 20 heavy (non-hydrogen) atoms. The summed E-state index contributed by atoms with van der Waals surface area (Å²) in [5.74, 6) is -2.46. The average Bonchev–Trinajstić information content (AvgIpc) is 2.95. The van der Waals surface area contributed by atoms with Crippen LogP contribution in [0.1, 0.15) is 34.8 Å². The zero-order valence-electron chi connectivity index (χ0n) is 10.7. The van der Waals surface area contributed by atoms with Gasteiger partial charge in [-0.3, -0.25) is 4.79 Å². The number of nitrogen functional groups attached to an aromatic ring is 1. The highest BCUT2D eigenvalue weighted by Gasteiger charge is 2.18. The first-order valence-corrected chi connectivity index (χ1v) is 6.85. The van der Waals surface area contributed by atoms with Gasteiger partial charge in [-0.15, -0.1) is 11.3 Å². The quantitative estimate of drug-likeness (QED) is 0.853. The number of nitrogens with zero attached hydrogens (tertiary/aromatic N) is 1. The van der Waals surface area contributed by atoms with E-state index < -0.39 is 23.2 Å². The highest BCUT2D eigenvalue weighted by molar-refractivity contribution is 7.09. The Bertz CT molecular complexity index is 593. The van der Waals surface area contributed by atoms with Crippen LogP contribution in [0.15, 0.2) is 23.7 Å². The predicted octanol–water partition coefficient (Wildman–Crippen LogP) is 2.88. The Balaban J connectivity index is 2.19. The molecule has 2 rings (SSSR count). The normalized spacial score (nSPS) is 12.2. The molecule has 0 saturated heterocycles. The van der Waals surface area contributed by atoms with Gasteiger partial charge in [0, 0.05) is 17.1 Å². The Labute approximate surface area is 118 Å².